The number of aryl methyl sites for hydroxylation is 2. The first-order valence-corrected chi connectivity index (χ1v) is 6.37. The summed E-state index contributed by atoms with van der Waals surface area (Å²) in [7, 11) is 0. The molecule has 0 saturated carbocycles. The zero-order valence-electron chi connectivity index (χ0n) is 11.3. The van der Waals surface area contributed by atoms with E-state index in [2.05, 4.69) is 31.1 Å². The first-order valence-electron chi connectivity index (χ1n) is 6.37. The van der Waals surface area contributed by atoms with Gasteiger partial charge in [0.15, 0.2) is 0 Å². The number of aliphatic hydroxyl groups is 1. The van der Waals surface area contributed by atoms with Gasteiger partial charge in [0.05, 0.1) is 11.4 Å². The van der Waals surface area contributed by atoms with Crippen LogP contribution in [0.3, 0.4) is 0 Å². The molecule has 3 nitrogen and oxygen atoms in total. The molecule has 18 heavy (non-hydrogen) atoms. The Labute approximate surface area is 108 Å². The van der Waals surface area contributed by atoms with Crippen LogP contribution in [0, 0.1) is 20.8 Å². The molecule has 0 fully saturated rings. The van der Waals surface area contributed by atoms with E-state index in [0.29, 0.717) is 0 Å². The Morgan fingerprint density at radius 3 is 2.56 bits per heavy atom. The average molecular weight is 244 g/mol. The Balaban J connectivity index is 2.44. The van der Waals surface area contributed by atoms with Gasteiger partial charge in [-0.05, 0) is 50.8 Å². The summed E-state index contributed by atoms with van der Waals surface area (Å²) in [5.74, 6) is 0. The highest BCUT2D eigenvalue weighted by molar-refractivity contribution is 5.42. The van der Waals surface area contributed by atoms with Crippen LogP contribution in [0.2, 0.25) is 0 Å². The third kappa shape index (κ3) is 2.31. The Morgan fingerprint density at radius 2 is 1.89 bits per heavy atom. The Kier molecular flexibility index (Phi) is 3.82. The van der Waals surface area contributed by atoms with Gasteiger partial charge in [-0.1, -0.05) is 18.2 Å². The highest BCUT2D eigenvalue weighted by Gasteiger charge is 2.13. The minimum atomic E-state index is 0.231. The molecule has 0 amide bonds. The molecule has 96 valence electrons. The average Bonchev–Trinajstić information content (AvgIpc) is 2.63. The number of nitrogens with zero attached hydrogens (tertiary/aromatic N) is 2. The fourth-order valence-electron chi connectivity index (χ4n) is 2.33. The first kappa shape index (κ1) is 12.8. The summed E-state index contributed by atoms with van der Waals surface area (Å²) in [5.41, 5.74) is 5.84. The van der Waals surface area contributed by atoms with Gasteiger partial charge in [-0.25, -0.2) is 4.68 Å². The number of hydrogen-bond donors (Lipinski definition) is 1. The van der Waals surface area contributed by atoms with Gasteiger partial charge >= 0.3 is 0 Å². The minimum Gasteiger partial charge on any atom is -0.396 e. The zero-order chi connectivity index (χ0) is 13.1. The monoisotopic (exact) mass is 244 g/mol. The molecule has 1 aromatic heterocycles. The number of hydrogen-bond acceptors (Lipinski definition) is 2. The van der Waals surface area contributed by atoms with Crippen molar-refractivity contribution in [2.24, 2.45) is 0 Å². The zero-order valence-corrected chi connectivity index (χ0v) is 11.3. The lowest BCUT2D eigenvalue weighted by Crippen LogP contribution is -2.01. The largest absolute Gasteiger partial charge is 0.396 e. The van der Waals surface area contributed by atoms with Crippen molar-refractivity contribution >= 4 is 0 Å². The maximum Gasteiger partial charge on any atom is 0.0678 e. The molecular weight excluding hydrogens is 224 g/mol. The van der Waals surface area contributed by atoms with Crippen molar-refractivity contribution in [3.8, 4) is 5.69 Å². The summed E-state index contributed by atoms with van der Waals surface area (Å²) in [6.07, 6.45) is 1.68. The predicted octanol–water partition coefficient (Wildman–Crippen LogP) is 2.72. The molecule has 1 N–H and O–H groups in total. The van der Waals surface area contributed by atoms with Crippen molar-refractivity contribution < 1.29 is 5.11 Å². The van der Waals surface area contributed by atoms with E-state index in [-0.39, 0.29) is 6.61 Å². The summed E-state index contributed by atoms with van der Waals surface area (Å²) in [6, 6.07) is 8.26. The Hall–Kier alpha value is -1.61. The maximum atomic E-state index is 8.95. The van der Waals surface area contributed by atoms with E-state index in [1.165, 1.54) is 16.8 Å². The molecule has 0 unspecified atom stereocenters. The molecule has 2 rings (SSSR count). The van der Waals surface area contributed by atoms with Gasteiger partial charge in [0, 0.05) is 12.3 Å². The fraction of sp³-hybridized carbons (Fsp3) is 0.400. The summed E-state index contributed by atoms with van der Waals surface area (Å²) in [4.78, 5) is 0. The van der Waals surface area contributed by atoms with Crippen molar-refractivity contribution in [2.45, 2.75) is 33.6 Å². The SMILES string of the molecule is Cc1ccccc1-n1nc(C)c(CCCO)c1C. The molecule has 0 aliphatic carbocycles. The second kappa shape index (κ2) is 5.36. The van der Waals surface area contributed by atoms with E-state index < -0.39 is 0 Å². The summed E-state index contributed by atoms with van der Waals surface area (Å²) >= 11 is 0. The highest BCUT2D eigenvalue weighted by atomic mass is 16.2. The Bertz CT molecular complexity index is 543. The highest BCUT2D eigenvalue weighted by Crippen LogP contribution is 2.21. The topological polar surface area (TPSA) is 38.0 Å². The van der Waals surface area contributed by atoms with Crippen molar-refractivity contribution in [3.63, 3.8) is 0 Å². The quantitative estimate of drug-likeness (QED) is 0.898. The minimum absolute atomic E-state index is 0.231. The molecule has 0 atom stereocenters. The molecular formula is C15H20N2O. The number of rotatable bonds is 4. The van der Waals surface area contributed by atoms with Crippen molar-refractivity contribution in [2.75, 3.05) is 6.61 Å². The van der Waals surface area contributed by atoms with E-state index in [1.54, 1.807) is 0 Å². The first-order chi connectivity index (χ1) is 8.65. The molecule has 0 radical (unpaired) electrons. The van der Waals surface area contributed by atoms with E-state index >= 15 is 0 Å². The van der Waals surface area contributed by atoms with Crippen molar-refractivity contribution in [1.82, 2.24) is 9.78 Å². The molecule has 1 aromatic carbocycles. The van der Waals surface area contributed by atoms with E-state index in [4.69, 9.17) is 5.11 Å². The van der Waals surface area contributed by atoms with Crippen LogP contribution in [0.1, 0.15) is 28.9 Å². The van der Waals surface area contributed by atoms with Gasteiger partial charge in [0.2, 0.25) is 0 Å². The smallest absolute Gasteiger partial charge is 0.0678 e. The third-order valence-corrected chi connectivity index (χ3v) is 3.37. The molecule has 0 bridgehead atoms. The summed E-state index contributed by atoms with van der Waals surface area (Å²) in [6.45, 7) is 6.46. The van der Waals surface area contributed by atoms with E-state index in [1.807, 2.05) is 23.7 Å². The fourth-order valence-corrected chi connectivity index (χ4v) is 2.33. The van der Waals surface area contributed by atoms with Crippen LogP contribution in [0.15, 0.2) is 24.3 Å². The Morgan fingerprint density at radius 1 is 1.17 bits per heavy atom. The van der Waals surface area contributed by atoms with E-state index in [9.17, 15) is 0 Å². The van der Waals surface area contributed by atoms with Gasteiger partial charge in [-0.2, -0.15) is 5.10 Å². The van der Waals surface area contributed by atoms with Crippen LogP contribution in [0.5, 0.6) is 0 Å². The molecule has 0 aliphatic rings. The molecule has 3 heteroatoms. The van der Waals surface area contributed by atoms with Crippen molar-refractivity contribution in [3.05, 3.63) is 46.8 Å². The van der Waals surface area contributed by atoms with Gasteiger partial charge in [0.1, 0.15) is 0 Å². The summed E-state index contributed by atoms with van der Waals surface area (Å²) < 4.78 is 2.01. The number of benzene rings is 1. The molecule has 0 saturated heterocycles. The lowest BCUT2D eigenvalue weighted by atomic mass is 10.1. The maximum absolute atomic E-state index is 8.95. The number of aromatic nitrogens is 2. The number of para-hydroxylation sites is 1. The van der Waals surface area contributed by atoms with Gasteiger partial charge in [-0.15, -0.1) is 0 Å². The normalized spacial score (nSPS) is 10.9. The predicted molar refractivity (Wildman–Crippen MR) is 73.2 cm³/mol. The number of aliphatic hydroxyl groups excluding tert-OH is 1. The molecule has 2 aromatic rings. The van der Waals surface area contributed by atoms with E-state index in [0.717, 1.165) is 24.2 Å². The molecule has 1 heterocycles. The second-order valence-electron chi connectivity index (χ2n) is 4.67. The molecule has 0 spiro atoms. The van der Waals surface area contributed by atoms with Crippen LogP contribution in [-0.2, 0) is 6.42 Å². The van der Waals surface area contributed by atoms with Crippen molar-refractivity contribution in [1.29, 1.82) is 0 Å². The van der Waals surface area contributed by atoms with Gasteiger partial charge < -0.3 is 5.11 Å². The van der Waals surface area contributed by atoms with Gasteiger partial charge in [0.25, 0.3) is 0 Å². The summed E-state index contributed by atoms with van der Waals surface area (Å²) in [5, 5.41) is 13.6. The lowest BCUT2D eigenvalue weighted by Gasteiger charge is -2.08. The lowest BCUT2D eigenvalue weighted by molar-refractivity contribution is 0.288. The van der Waals surface area contributed by atoms with Gasteiger partial charge in [-0.3, -0.25) is 0 Å². The van der Waals surface area contributed by atoms with Crippen LogP contribution in [-0.4, -0.2) is 21.5 Å². The third-order valence-electron chi connectivity index (χ3n) is 3.37. The van der Waals surface area contributed by atoms with Crippen LogP contribution < -0.4 is 0 Å². The van der Waals surface area contributed by atoms with Crippen LogP contribution >= 0.6 is 0 Å². The standard InChI is InChI=1S/C15H20N2O/c1-11-7-4-5-9-15(11)17-13(3)14(8-6-10-18)12(2)16-17/h4-5,7,9,18H,6,8,10H2,1-3H3. The second-order valence-corrected chi connectivity index (χ2v) is 4.67. The molecule has 0 aliphatic heterocycles. The van der Waals surface area contributed by atoms with Crippen LogP contribution in [0.25, 0.3) is 5.69 Å². The van der Waals surface area contributed by atoms with Crippen LogP contribution in [0.4, 0.5) is 0 Å².